The maximum Gasteiger partial charge on any atom is 0.228 e. The molecule has 1 amide bonds. The molecule has 0 spiro atoms. The molecule has 19 heavy (non-hydrogen) atoms. The predicted octanol–water partition coefficient (Wildman–Crippen LogP) is 3.24. The molecule has 2 aromatic carbocycles. The molecule has 0 aliphatic rings. The number of nitrogens with one attached hydrogen (secondary N) is 1. The van der Waals surface area contributed by atoms with Crippen LogP contribution in [0.15, 0.2) is 42.5 Å². The SMILES string of the molecule is Nc1cc(NC(=O)Cc2cccc(F)c2)ccc1Cl. The van der Waals surface area contributed by atoms with Gasteiger partial charge >= 0.3 is 0 Å². The van der Waals surface area contributed by atoms with Crippen LogP contribution < -0.4 is 11.1 Å². The van der Waals surface area contributed by atoms with Gasteiger partial charge in [-0.1, -0.05) is 23.7 Å². The Labute approximate surface area is 115 Å². The third kappa shape index (κ3) is 3.69. The number of nitrogen functional groups attached to an aromatic ring is 1. The van der Waals surface area contributed by atoms with Gasteiger partial charge in [0.1, 0.15) is 5.82 Å². The highest BCUT2D eigenvalue weighted by atomic mass is 35.5. The third-order valence-corrected chi connectivity index (χ3v) is 2.88. The fourth-order valence-electron chi connectivity index (χ4n) is 1.66. The molecule has 0 bridgehead atoms. The summed E-state index contributed by atoms with van der Waals surface area (Å²) >= 11 is 5.79. The Kier molecular flexibility index (Phi) is 4.02. The lowest BCUT2D eigenvalue weighted by Crippen LogP contribution is -2.14. The van der Waals surface area contributed by atoms with Crippen molar-refractivity contribution in [1.82, 2.24) is 0 Å². The van der Waals surface area contributed by atoms with Gasteiger partial charge in [-0.3, -0.25) is 4.79 Å². The number of nitrogens with two attached hydrogens (primary N) is 1. The van der Waals surface area contributed by atoms with E-state index in [1.54, 1.807) is 30.3 Å². The van der Waals surface area contributed by atoms with Crippen LogP contribution in [0.4, 0.5) is 15.8 Å². The number of benzene rings is 2. The first kappa shape index (κ1) is 13.4. The molecule has 0 saturated carbocycles. The first-order valence-electron chi connectivity index (χ1n) is 5.64. The normalized spacial score (nSPS) is 10.2. The summed E-state index contributed by atoms with van der Waals surface area (Å²) in [5.74, 6) is -0.603. The summed E-state index contributed by atoms with van der Waals surface area (Å²) in [6, 6.07) is 10.8. The summed E-state index contributed by atoms with van der Waals surface area (Å²) < 4.78 is 13.0. The molecular formula is C14H12ClFN2O. The van der Waals surface area contributed by atoms with Crippen LogP contribution in [-0.4, -0.2) is 5.91 Å². The van der Waals surface area contributed by atoms with E-state index >= 15 is 0 Å². The molecule has 98 valence electrons. The molecule has 2 rings (SSSR count). The van der Waals surface area contributed by atoms with Crippen LogP contribution in [0.5, 0.6) is 0 Å². The van der Waals surface area contributed by atoms with E-state index in [4.69, 9.17) is 17.3 Å². The number of anilines is 2. The Balaban J connectivity index is 2.03. The smallest absolute Gasteiger partial charge is 0.228 e. The Morgan fingerprint density at radius 1 is 1.26 bits per heavy atom. The number of carbonyl (C=O) groups is 1. The molecule has 3 N–H and O–H groups in total. The highest BCUT2D eigenvalue weighted by Crippen LogP contribution is 2.22. The zero-order chi connectivity index (χ0) is 13.8. The van der Waals surface area contributed by atoms with Gasteiger partial charge in [-0.25, -0.2) is 4.39 Å². The van der Waals surface area contributed by atoms with Gasteiger partial charge in [0, 0.05) is 5.69 Å². The van der Waals surface area contributed by atoms with Crippen LogP contribution in [0.1, 0.15) is 5.56 Å². The van der Waals surface area contributed by atoms with E-state index in [9.17, 15) is 9.18 Å². The van der Waals surface area contributed by atoms with E-state index in [1.807, 2.05) is 0 Å². The first-order valence-corrected chi connectivity index (χ1v) is 6.02. The van der Waals surface area contributed by atoms with Crippen LogP contribution in [0.25, 0.3) is 0 Å². The molecule has 0 radical (unpaired) electrons. The van der Waals surface area contributed by atoms with E-state index in [0.717, 1.165) is 0 Å². The number of carbonyl (C=O) groups excluding carboxylic acids is 1. The summed E-state index contributed by atoms with van der Waals surface area (Å²) in [4.78, 5) is 11.8. The van der Waals surface area contributed by atoms with Gasteiger partial charge in [0.15, 0.2) is 0 Å². The number of amides is 1. The number of hydrogen-bond donors (Lipinski definition) is 2. The number of halogens is 2. The monoisotopic (exact) mass is 278 g/mol. The van der Waals surface area contributed by atoms with Crippen molar-refractivity contribution in [2.24, 2.45) is 0 Å². The topological polar surface area (TPSA) is 55.1 Å². The second kappa shape index (κ2) is 5.71. The van der Waals surface area contributed by atoms with Gasteiger partial charge in [0.2, 0.25) is 5.91 Å². The molecule has 0 aliphatic heterocycles. The molecule has 0 saturated heterocycles. The van der Waals surface area contributed by atoms with Crippen molar-refractivity contribution in [3.05, 3.63) is 58.9 Å². The average Bonchev–Trinajstić information content (AvgIpc) is 2.34. The van der Waals surface area contributed by atoms with Crippen molar-refractivity contribution in [2.75, 3.05) is 11.1 Å². The van der Waals surface area contributed by atoms with Crippen molar-refractivity contribution >= 4 is 28.9 Å². The van der Waals surface area contributed by atoms with Crippen molar-refractivity contribution in [3.8, 4) is 0 Å². The maximum absolute atomic E-state index is 13.0. The largest absolute Gasteiger partial charge is 0.397 e. The third-order valence-electron chi connectivity index (χ3n) is 2.53. The zero-order valence-corrected chi connectivity index (χ0v) is 10.7. The minimum absolute atomic E-state index is 0.0975. The van der Waals surface area contributed by atoms with Gasteiger partial charge in [-0.2, -0.15) is 0 Å². The van der Waals surface area contributed by atoms with Gasteiger partial charge in [0.05, 0.1) is 17.1 Å². The summed E-state index contributed by atoms with van der Waals surface area (Å²) in [5, 5.41) is 3.11. The lowest BCUT2D eigenvalue weighted by atomic mass is 10.1. The average molecular weight is 279 g/mol. The van der Waals surface area contributed by atoms with Crippen LogP contribution in [0, 0.1) is 5.82 Å². The van der Waals surface area contributed by atoms with Crippen LogP contribution in [0.2, 0.25) is 5.02 Å². The van der Waals surface area contributed by atoms with Crippen LogP contribution >= 0.6 is 11.6 Å². The van der Waals surface area contributed by atoms with E-state index in [1.165, 1.54) is 12.1 Å². The number of rotatable bonds is 3. The summed E-state index contributed by atoms with van der Waals surface area (Å²) in [5.41, 5.74) is 7.20. The lowest BCUT2D eigenvalue weighted by molar-refractivity contribution is -0.115. The second-order valence-corrected chi connectivity index (χ2v) is 4.50. The zero-order valence-electron chi connectivity index (χ0n) is 9.99. The van der Waals surface area contributed by atoms with Crippen LogP contribution in [-0.2, 0) is 11.2 Å². The van der Waals surface area contributed by atoms with E-state index in [0.29, 0.717) is 22.0 Å². The van der Waals surface area contributed by atoms with Crippen molar-refractivity contribution in [2.45, 2.75) is 6.42 Å². The fourth-order valence-corrected chi connectivity index (χ4v) is 1.78. The molecule has 3 nitrogen and oxygen atoms in total. The molecule has 0 atom stereocenters. The highest BCUT2D eigenvalue weighted by molar-refractivity contribution is 6.33. The van der Waals surface area contributed by atoms with Gasteiger partial charge < -0.3 is 11.1 Å². The molecule has 2 aromatic rings. The van der Waals surface area contributed by atoms with Crippen molar-refractivity contribution in [3.63, 3.8) is 0 Å². The Morgan fingerprint density at radius 2 is 2.05 bits per heavy atom. The van der Waals surface area contributed by atoms with Crippen LogP contribution in [0.3, 0.4) is 0 Å². The molecule has 0 heterocycles. The molecule has 0 aliphatic carbocycles. The molecule has 0 fully saturated rings. The van der Waals surface area contributed by atoms with Gasteiger partial charge in [-0.05, 0) is 35.9 Å². The van der Waals surface area contributed by atoms with E-state index in [-0.39, 0.29) is 18.1 Å². The van der Waals surface area contributed by atoms with E-state index < -0.39 is 0 Å². The predicted molar refractivity (Wildman–Crippen MR) is 74.6 cm³/mol. The molecule has 0 unspecified atom stereocenters. The van der Waals surface area contributed by atoms with Gasteiger partial charge in [-0.15, -0.1) is 0 Å². The Morgan fingerprint density at radius 3 is 2.74 bits per heavy atom. The lowest BCUT2D eigenvalue weighted by Gasteiger charge is -2.07. The molecule has 0 aromatic heterocycles. The first-order chi connectivity index (χ1) is 9.04. The second-order valence-electron chi connectivity index (χ2n) is 4.09. The minimum atomic E-state index is -0.360. The quantitative estimate of drug-likeness (QED) is 0.847. The maximum atomic E-state index is 13.0. The molecular weight excluding hydrogens is 267 g/mol. The highest BCUT2D eigenvalue weighted by Gasteiger charge is 2.06. The molecule has 5 heteroatoms. The summed E-state index contributed by atoms with van der Waals surface area (Å²) in [6.07, 6.45) is 0.0975. The number of hydrogen-bond acceptors (Lipinski definition) is 2. The summed E-state index contributed by atoms with van der Waals surface area (Å²) in [7, 11) is 0. The van der Waals surface area contributed by atoms with Gasteiger partial charge in [0.25, 0.3) is 0 Å². The standard InChI is InChI=1S/C14H12ClFN2O/c15-12-5-4-11(8-13(12)17)18-14(19)7-9-2-1-3-10(16)6-9/h1-6,8H,7,17H2,(H,18,19). The van der Waals surface area contributed by atoms with Crippen molar-refractivity contribution in [1.29, 1.82) is 0 Å². The Hall–Kier alpha value is -2.07. The van der Waals surface area contributed by atoms with E-state index in [2.05, 4.69) is 5.32 Å². The Bertz CT molecular complexity index is 616. The minimum Gasteiger partial charge on any atom is -0.397 e. The fraction of sp³-hybridized carbons (Fsp3) is 0.0714. The summed E-state index contributed by atoms with van der Waals surface area (Å²) in [6.45, 7) is 0. The van der Waals surface area contributed by atoms with Crippen molar-refractivity contribution < 1.29 is 9.18 Å².